The summed E-state index contributed by atoms with van der Waals surface area (Å²) in [5.74, 6) is 0. The summed E-state index contributed by atoms with van der Waals surface area (Å²) in [7, 11) is 0. The third-order valence-electron chi connectivity index (χ3n) is 3.97. The van der Waals surface area contributed by atoms with E-state index in [9.17, 15) is 5.11 Å². The predicted octanol–water partition coefficient (Wildman–Crippen LogP) is 3.83. The molecule has 0 aromatic heterocycles. The van der Waals surface area contributed by atoms with Gasteiger partial charge in [0.25, 0.3) is 0 Å². The summed E-state index contributed by atoms with van der Waals surface area (Å²) in [6.45, 7) is 0.112. The maximum atomic E-state index is 9.62. The van der Waals surface area contributed by atoms with Gasteiger partial charge in [-0.2, -0.15) is 0 Å². The van der Waals surface area contributed by atoms with Crippen LogP contribution in [0, 0.1) is 0 Å². The first-order chi connectivity index (χ1) is 9.28. The molecule has 0 aliphatic heterocycles. The molecule has 0 unspecified atom stereocenters. The van der Waals surface area contributed by atoms with Gasteiger partial charge in [0.05, 0.1) is 6.61 Å². The number of hydrogen-bond donors (Lipinski definition) is 1. The van der Waals surface area contributed by atoms with Crippen molar-refractivity contribution in [3.63, 3.8) is 0 Å². The minimum absolute atomic E-state index is 0.112. The largest absolute Gasteiger partial charge is 0.392 e. The molecular weight excluding hydrogens is 300 g/mol. The molecule has 2 aromatic rings. The van der Waals surface area contributed by atoms with Gasteiger partial charge in [-0.1, -0.05) is 52.3 Å². The Bertz CT molecular complexity index is 587. The fraction of sp³-hybridized carbons (Fsp3) is 0.294. The van der Waals surface area contributed by atoms with Crippen LogP contribution in [0.15, 0.2) is 40.9 Å². The van der Waals surface area contributed by atoms with Crippen molar-refractivity contribution in [3.05, 3.63) is 68.7 Å². The molecular formula is C17H17BrO. The van der Waals surface area contributed by atoms with Crippen LogP contribution in [0.2, 0.25) is 0 Å². The summed E-state index contributed by atoms with van der Waals surface area (Å²) in [4.78, 5) is 0. The molecule has 2 heteroatoms. The Hall–Kier alpha value is -1.12. The number of rotatable bonds is 1. The van der Waals surface area contributed by atoms with Crippen molar-refractivity contribution in [2.75, 3.05) is 0 Å². The van der Waals surface area contributed by atoms with E-state index in [-0.39, 0.29) is 6.61 Å². The number of benzene rings is 2. The summed E-state index contributed by atoms with van der Waals surface area (Å²) in [5.41, 5.74) is 6.35. The van der Waals surface area contributed by atoms with Gasteiger partial charge in [0.15, 0.2) is 0 Å². The third kappa shape index (κ3) is 2.60. The molecule has 0 radical (unpaired) electrons. The molecule has 1 N–H and O–H groups in total. The number of aliphatic hydroxyl groups excluding tert-OH is 1. The van der Waals surface area contributed by atoms with Crippen LogP contribution in [-0.4, -0.2) is 5.11 Å². The molecule has 0 saturated carbocycles. The predicted molar refractivity (Wildman–Crippen MR) is 81.3 cm³/mol. The Morgan fingerprint density at radius 2 is 1.32 bits per heavy atom. The van der Waals surface area contributed by atoms with Gasteiger partial charge in [-0.05, 0) is 53.5 Å². The van der Waals surface area contributed by atoms with E-state index in [1.54, 1.807) is 0 Å². The molecule has 19 heavy (non-hydrogen) atoms. The van der Waals surface area contributed by atoms with Crippen molar-refractivity contribution in [1.29, 1.82) is 0 Å². The lowest BCUT2D eigenvalue weighted by atomic mass is 9.93. The molecule has 0 amide bonds. The van der Waals surface area contributed by atoms with E-state index in [0.29, 0.717) is 0 Å². The topological polar surface area (TPSA) is 20.2 Å². The smallest absolute Gasteiger partial charge is 0.0695 e. The van der Waals surface area contributed by atoms with E-state index in [1.165, 1.54) is 22.3 Å². The molecule has 4 aliphatic rings. The van der Waals surface area contributed by atoms with E-state index in [4.69, 9.17) is 0 Å². The first-order valence-electron chi connectivity index (χ1n) is 6.76. The lowest BCUT2D eigenvalue weighted by molar-refractivity contribution is 0.279. The normalized spacial score (nSPS) is 14.2. The quantitative estimate of drug-likeness (QED) is 0.848. The van der Waals surface area contributed by atoms with Gasteiger partial charge < -0.3 is 5.11 Å². The van der Waals surface area contributed by atoms with Gasteiger partial charge in [0.2, 0.25) is 0 Å². The zero-order chi connectivity index (χ0) is 13.2. The van der Waals surface area contributed by atoms with E-state index in [2.05, 4.69) is 52.3 Å². The van der Waals surface area contributed by atoms with E-state index in [1.807, 2.05) is 0 Å². The van der Waals surface area contributed by atoms with Gasteiger partial charge in [-0.15, -0.1) is 0 Å². The Labute approximate surface area is 122 Å². The number of aryl methyl sites for hydroxylation is 4. The molecule has 6 rings (SSSR count). The summed E-state index contributed by atoms with van der Waals surface area (Å²) in [6.07, 6.45) is 4.06. The van der Waals surface area contributed by atoms with Crippen LogP contribution in [-0.2, 0) is 32.3 Å². The molecule has 98 valence electrons. The Morgan fingerprint density at radius 1 is 0.789 bits per heavy atom. The van der Waals surface area contributed by atoms with E-state index < -0.39 is 0 Å². The summed E-state index contributed by atoms with van der Waals surface area (Å²) in [6, 6.07) is 13.3. The first-order valence-corrected chi connectivity index (χ1v) is 7.55. The highest BCUT2D eigenvalue weighted by Crippen LogP contribution is 2.28. The zero-order valence-corrected chi connectivity index (χ0v) is 12.4. The molecule has 2 aromatic carbocycles. The van der Waals surface area contributed by atoms with Crippen LogP contribution in [0.25, 0.3) is 0 Å². The maximum absolute atomic E-state index is 9.62. The van der Waals surface area contributed by atoms with Crippen molar-refractivity contribution >= 4 is 15.9 Å². The van der Waals surface area contributed by atoms with Gasteiger partial charge >= 0.3 is 0 Å². The number of halogens is 1. The highest BCUT2D eigenvalue weighted by Gasteiger charge is 2.12. The second-order valence-electron chi connectivity index (χ2n) is 5.15. The SMILES string of the molecule is OCc1c2ccc(c1Br)CCc1ccc(cc1)CC2. The van der Waals surface area contributed by atoms with Crippen LogP contribution in [0.3, 0.4) is 0 Å². The average Bonchev–Trinajstić information content (AvgIpc) is 2.43. The molecule has 0 spiro atoms. The van der Waals surface area contributed by atoms with Crippen LogP contribution in [0.5, 0.6) is 0 Å². The van der Waals surface area contributed by atoms with Crippen LogP contribution in [0.4, 0.5) is 0 Å². The van der Waals surface area contributed by atoms with Crippen molar-refractivity contribution in [3.8, 4) is 0 Å². The number of aliphatic hydroxyl groups is 1. The highest BCUT2D eigenvalue weighted by molar-refractivity contribution is 9.10. The van der Waals surface area contributed by atoms with Gasteiger partial charge in [0, 0.05) is 4.47 Å². The van der Waals surface area contributed by atoms with Crippen molar-refractivity contribution < 1.29 is 5.11 Å². The Morgan fingerprint density at radius 3 is 1.89 bits per heavy atom. The lowest BCUT2D eigenvalue weighted by Crippen LogP contribution is -2.04. The molecule has 4 bridgehead atoms. The van der Waals surface area contributed by atoms with E-state index in [0.717, 1.165) is 35.7 Å². The Balaban J connectivity index is 2.06. The second kappa shape index (κ2) is 5.48. The van der Waals surface area contributed by atoms with Crippen LogP contribution < -0.4 is 0 Å². The van der Waals surface area contributed by atoms with Crippen LogP contribution >= 0.6 is 15.9 Å². The standard InChI is InChI=1S/C17H17BrO/c18-17-15-8-6-13-3-1-12(2-4-13)5-7-14(9-10-15)16(17)11-19/h1-4,9-10,19H,5-8,11H2. The van der Waals surface area contributed by atoms with Crippen molar-refractivity contribution in [2.45, 2.75) is 32.3 Å². The molecule has 0 saturated heterocycles. The molecule has 0 heterocycles. The zero-order valence-electron chi connectivity index (χ0n) is 10.8. The molecule has 4 aliphatic carbocycles. The second-order valence-corrected chi connectivity index (χ2v) is 5.94. The van der Waals surface area contributed by atoms with Crippen molar-refractivity contribution in [1.82, 2.24) is 0 Å². The monoisotopic (exact) mass is 316 g/mol. The maximum Gasteiger partial charge on any atom is 0.0695 e. The minimum atomic E-state index is 0.112. The summed E-state index contributed by atoms with van der Waals surface area (Å²) >= 11 is 3.67. The van der Waals surface area contributed by atoms with Crippen LogP contribution in [0.1, 0.15) is 27.8 Å². The molecule has 0 atom stereocenters. The number of hydrogen-bond acceptors (Lipinski definition) is 1. The first kappa shape index (κ1) is 12.9. The fourth-order valence-electron chi connectivity index (χ4n) is 2.74. The molecule has 1 nitrogen and oxygen atoms in total. The van der Waals surface area contributed by atoms with Gasteiger partial charge in [0.1, 0.15) is 0 Å². The average molecular weight is 317 g/mol. The highest BCUT2D eigenvalue weighted by atomic mass is 79.9. The molecule has 0 fully saturated rings. The minimum Gasteiger partial charge on any atom is -0.392 e. The third-order valence-corrected chi connectivity index (χ3v) is 4.96. The van der Waals surface area contributed by atoms with Gasteiger partial charge in [-0.3, -0.25) is 0 Å². The summed E-state index contributed by atoms with van der Waals surface area (Å²) in [5, 5.41) is 9.62. The lowest BCUT2D eigenvalue weighted by Gasteiger charge is -2.15. The summed E-state index contributed by atoms with van der Waals surface area (Å²) < 4.78 is 1.10. The van der Waals surface area contributed by atoms with E-state index >= 15 is 0 Å². The van der Waals surface area contributed by atoms with Crippen molar-refractivity contribution in [2.24, 2.45) is 0 Å². The van der Waals surface area contributed by atoms with Gasteiger partial charge in [-0.25, -0.2) is 0 Å². The Kier molecular flexibility index (Phi) is 3.72. The fourth-order valence-corrected chi connectivity index (χ4v) is 3.45.